The second-order valence-electron chi connectivity index (χ2n) is 10.3. The van der Waals surface area contributed by atoms with Crippen molar-refractivity contribution in [2.45, 2.75) is 23.6 Å². The van der Waals surface area contributed by atoms with Crippen molar-refractivity contribution < 1.29 is 55.0 Å². The van der Waals surface area contributed by atoms with Crippen LogP contribution in [0.2, 0.25) is 0 Å². The molecule has 4 aromatic rings. The number of hydrogen-bond donors (Lipinski definition) is 2. The number of alkyl halides is 6. The lowest BCUT2D eigenvalue weighted by Crippen LogP contribution is -2.41. The van der Waals surface area contributed by atoms with Gasteiger partial charge in [0.05, 0.1) is 0 Å². The van der Waals surface area contributed by atoms with E-state index in [1.807, 2.05) is 0 Å². The van der Waals surface area contributed by atoms with E-state index in [1.54, 1.807) is 60.7 Å². The summed E-state index contributed by atoms with van der Waals surface area (Å²) in [4.78, 5) is 0. The smallest absolute Gasteiger partial charge is 0.436 e. The first-order valence-corrected chi connectivity index (χ1v) is 13.8. The van der Waals surface area contributed by atoms with Crippen LogP contribution in [-0.2, 0) is 20.7 Å². The summed E-state index contributed by atoms with van der Waals surface area (Å²) in [6.07, 6.45) is -8.02. The van der Waals surface area contributed by atoms with Gasteiger partial charge in [-0.3, -0.25) is 0 Å². The zero-order chi connectivity index (χ0) is 34.7. The van der Waals surface area contributed by atoms with Crippen molar-refractivity contribution in [3.05, 3.63) is 155 Å². The van der Waals surface area contributed by atoms with Crippen molar-refractivity contribution in [2.24, 2.45) is 10.3 Å². The molecule has 2 atom stereocenters. The summed E-state index contributed by atoms with van der Waals surface area (Å²) in [5.41, 5.74) is -5.54. The van der Waals surface area contributed by atoms with Crippen LogP contribution in [0.15, 0.2) is 132 Å². The Balaban J connectivity index is 0.000000188. The highest BCUT2D eigenvalue weighted by molar-refractivity contribution is 6.22. The Bertz CT molecular complexity index is 1730. The number of hydrogen-bond acceptors (Lipinski definition) is 6. The van der Waals surface area contributed by atoms with E-state index in [-0.39, 0.29) is 22.3 Å². The molecular weight excluding hydrogens is 652 g/mol. The molecule has 2 aliphatic heterocycles. The number of benzene rings is 4. The topological polar surface area (TPSA) is 83.6 Å². The van der Waals surface area contributed by atoms with E-state index in [1.165, 1.54) is 0 Å². The standard InChI is InChI=1S/2C17H11F4NO2/c2*18-13-8-6-12(7-9-13)16(17(19,20)21)10-14(15(22-23)24-16)11-4-2-1-3-5-11/h2*1-10,23H/b2*22-15-/t2*16-/m10/s1. The average molecular weight is 675 g/mol. The molecule has 0 saturated carbocycles. The molecule has 0 bridgehead atoms. The van der Waals surface area contributed by atoms with Crippen LogP contribution >= 0.6 is 0 Å². The van der Waals surface area contributed by atoms with Gasteiger partial charge in [0.25, 0.3) is 11.8 Å². The van der Waals surface area contributed by atoms with Gasteiger partial charge in [-0.05, 0) is 57.9 Å². The van der Waals surface area contributed by atoms with Crippen LogP contribution in [-0.4, -0.2) is 34.6 Å². The van der Waals surface area contributed by atoms with Crippen molar-refractivity contribution >= 4 is 22.9 Å². The summed E-state index contributed by atoms with van der Waals surface area (Å²) < 4.78 is 119. The maximum Gasteiger partial charge on any atom is 0.436 e. The largest absolute Gasteiger partial charge is 0.449 e. The third-order valence-electron chi connectivity index (χ3n) is 7.41. The summed E-state index contributed by atoms with van der Waals surface area (Å²) in [6, 6.07) is 23.8. The van der Waals surface area contributed by atoms with E-state index in [0.29, 0.717) is 11.1 Å². The molecule has 14 heteroatoms. The second-order valence-corrected chi connectivity index (χ2v) is 10.3. The van der Waals surface area contributed by atoms with Crippen LogP contribution in [0.25, 0.3) is 11.1 Å². The highest BCUT2D eigenvalue weighted by Gasteiger charge is 2.62. The normalized spacial score (nSPS) is 22.3. The fourth-order valence-electron chi connectivity index (χ4n) is 5.09. The van der Waals surface area contributed by atoms with Gasteiger partial charge in [0.2, 0.25) is 11.2 Å². The van der Waals surface area contributed by atoms with Gasteiger partial charge < -0.3 is 19.9 Å². The van der Waals surface area contributed by atoms with Gasteiger partial charge in [0, 0.05) is 22.3 Å². The van der Waals surface area contributed by atoms with Gasteiger partial charge in [0.15, 0.2) is 0 Å². The highest BCUT2D eigenvalue weighted by atomic mass is 19.4. The van der Waals surface area contributed by atoms with Gasteiger partial charge in [0.1, 0.15) is 11.6 Å². The Morgan fingerprint density at radius 3 is 1.06 bits per heavy atom. The number of oxime groups is 2. The zero-order valence-corrected chi connectivity index (χ0v) is 24.2. The van der Waals surface area contributed by atoms with Crippen LogP contribution in [0.3, 0.4) is 0 Å². The van der Waals surface area contributed by atoms with Crippen LogP contribution in [0, 0.1) is 11.6 Å². The van der Waals surface area contributed by atoms with Crippen LogP contribution in [0.4, 0.5) is 35.1 Å². The second kappa shape index (κ2) is 12.9. The Morgan fingerprint density at radius 2 is 0.792 bits per heavy atom. The highest BCUT2D eigenvalue weighted by Crippen LogP contribution is 2.51. The fourth-order valence-corrected chi connectivity index (χ4v) is 5.09. The molecule has 0 unspecified atom stereocenters. The molecule has 0 spiro atoms. The molecule has 2 aliphatic rings. The Labute approximate surface area is 267 Å². The van der Waals surface area contributed by atoms with Gasteiger partial charge in [-0.1, -0.05) is 84.9 Å². The first-order chi connectivity index (χ1) is 22.7. The summed E-state index contributed by atoms with van der Waals surface area (Å²) in [7, 11) is 0. The number of rotatable bonds is 4. The molecule has 4 aromatic carbocycles. The third kappa shape index (κ3) is 6.20. The van der Waals surface area contributed by atoms with Gasteiger partial charge in [-0.15, -0.1) is 0 Å². The molecule has 0 amide bonds. The van der Waals surface area contributed by atoms with Crippen LogP contribution in [0.1, 0.15) is 22.3 Å². The van der Waals surface area contributed by atoms with E-state index in [2.05, 4.69) is 10.3 Å². The van der Waals surface area contributed by atoms with Crippen LogP contribution in [0.5, 0.6) is 0 Å². The lowest BCUT2D eigenvalue weighted by molar-refractivity contribution is -0.236. The van der Waals surface area contributed by atoms with Gasteiger partial charge in [-0.2, -0.15) is 26.3 Å². The summed E-state index contributed by atoms with van der Waals surface area (Å²) in [5.74, 6) is -2.44. The summed E-state index contributed by atoms with van der Waals surface area (Å²) in [6.45, 7) is 0. The number of halogens is 8. The molecule has 0 radical (unpaired) electrons. The van der Waals surface area contributed by atoms with E-state index >= 15 is 0 Å². The minimum Gasteiger partial charge on any atom is -0.449 e. The summed E-state index contributed by atoms with van der Waals surface area (Å²) in [5, 5.41) is 23.9. The summed E-state index contributed by atoms with van der Waals surface area (Å²) >= 11 is 0. The van der Waals surface area contributed by atoms with E-state index < -0.39 is 47.0 Å². The molecule has 6 rings (SSSR count). The molecule has 6 nitrogen and oxygen atoms in total. The molecule has 2 heterocycles. The Morgan fingerprint density at radius 1 is 0.479 bits per heavy atom. The third-order valence-corrected chi connectivity index (χ3v) is 7.41. The maximum absolute atomic E-state index is 13.8. The molecule has 0 aliphatic carbocycles. The molecule has 0 fully saturated rings. The Kier molecular flexibility index (Phi) is 9.02. The monoisotopic (exact) mass is 674 g/mol. The van der Waals surface area contributed by atoms with Crippen molar-refractivity contribution in [3.63, 3.8) is 0 Å². The average Bonchev–Trinajstić information content (AvgIpc) is 3.68. The minimum atomic E-state index is -4.85. The van der Waals surface area contributed by atoms with Crippen molar-refractivity contribution in [3.8, 4) is 0 Å². The molecule has 248 valence electrons. The van der Waals surface area contributed by atoms with E-state index in [4.69, 9.17) is 19.9 Å². The minimum absolute atomic E-state index is 0.000231. The molecule has 48 heavy (non-hydrogen) atoms. The van der Waals surface area contributed by atoms with Crippen LogP contribution < -0.4 is 0 Å². The number of ether oxygens (including phenoxy) is 2. The van der Waals surface area contributed by atoms with Crippen molar-refractivity contribution in [1.82, 2.24) is 0 Å². The maximum atomic E-state index is 13.8. The van der Waals surface area contributed by atoms with Gasteiger partial charge >= 0.3 is 12.4 Å². The quantitative estimate of drug-likeness (QED) is 0.129. The number of nitrogens with zero attached hydrogens (tertiary/aromatic N) is 2. The lowest BCUT2D eigenvalue weighted by atomic mass is 9.91. The van der Waals surface area contributed by atoms with Crippen molar-refractivity contribution in [2.75, 3.05) is 0 Å². The zero-order valence-electron chi connectivity index (χ0n) is 24.2. The Hall–Kier alpha value is -5.66. The first kappa shape index (κ1) is 33.7. The van der Waals surface area contributed by atoms with Gasteiger partial charge in [-0.25, -0.2) is 8.78 Å². The predicted molar refractivity (Wildman–Crippen MR) is 158 cm³/mol. The van der Waals surface area contributed by atoms with Crippen molar-refractivity contribution in [1.29, 1.82) is 0 Å². The van der Waals surface area contributed by atoms with E-state index in [0.717, 1.165) is 60.7 Å². The molecule has 0 aromatic heterocycles. The first-order valence-electron chi connectivity index (χ1n) is 13.8. The molecule has 0 saturated heterocycles. The molecular formula is C34H22F8N2O4. The lowest BCUT2D eigenvalue weighted by Gasteiger charge is -2.29. The SMILES string of the molecule is O/N=C1\O[C@@](c2ccc(F)cc2)(C(F)(F)F)C=C1c1ccccc1.O/N=C1\O[C@](c2ccc(F)cc2)(C(F)(F)F)C=C1c1ccccc1. The fraction of sp³-hybridized carbons (Fsp3) is 0.118. The molecule has 2 N–H and O–H groups in total. The van der Waals surface area contributed by atoms with E-state index in [9.17, 15) is 35.1 Å². The predicted octanol–water partition coefficient (Wildman–Crippen LogP) is 8.97.